The standard InChI is InChI=1S/C12H11F3N2O3/c1-17-9-3-2-7(11(18)19)4-8(9)16-10(17)5-20-6-12(13,14)15/h2-4H,5-6H2,1H3,(H,18,19). The number of alkyl halides is 3. The second-order valence-electron chi connectivity index (χ2n) is 4.20. The Bertz CT molecular complexity index is 649. The number of aromatic carboxylic acids is 1. The van der Waals surface area contributed by atoms with Gasteiger partial charge in [0.05, 0.1) is 16.6 Å². The Morgan fingerprint density at radius 1 is 1.45 bits per heavy atom. The molecule has 20 heavy (non-hydrogen) atoms. The van der Waals surface area contributed by atoms with E-state index in [0.717, 1.165) is 0 Å². The molecule has 5 nitrogen and oxygen atoms in total. The molecule has 108 valence electrons. The number of nitrogens with zero attached hydrogens (tertiary/aromatic N) is 2. The quantitative estimate of drug-likeness (QED) is 0.938. The molecule has 0 spiro atoms. The van der Waals surface area contributed by atoms with Gasteiger partial charge in [-0.25, -0.2) is 9.78 Å². The molecular formula is C12H11F3N2O3. The normalized spacial score (nSPS) is 12.0. The molecule has 0 saturated heterocycles. The molecule has 0 atom stereocenters. The number of rotatable bonds is 4. The summed E-state index contributed by atoms with van der Waals surface area (Å²) in [6, 6.07) is 4.33. The van der Waals surface area contributed by atoms with E-state index in [0.29, 0.717) is 16.9 Å². The van der Waals surface area contributed by atoms with Crippen LogP contribution in [0.3, 0.4) is 0 Å². The summed E-state index contributed by atoms with van der Waals surface area (Å²) in [7, 11) is 1.63. The predicted molar refractivity (Wildman–Crippen MR) is 63.4 cm³/mol. The van der Waals surface area contributed by atoms with E-state index in [1.807, 2.05) is 0 Å². The second-order valence-corrected chi connectivity index (χ2v) is 4.20. The van der Waals surface area contributed by atoms with Crippen LogP contribution >= 0.6 is 0 Å². The van der Waals surface area contributed by atoms with Gasteiger partial charge in [0.25, 0.3) is 0 Å². The second kappa shape index (κ2) is 5.12. The molecule has 0 aliphatic rings. The van der Waals surface area contributed by atoms with Crippen LogP contribution < -0.4 is 0 Å². The van der Waals surface area contributed by atoms with Crippen LogP contribution in [0.25, 0.3) is 11.0 Å². The van der Waals surface area contributed by atoms with Crippen LogP contribution in [0.4, 0.5) is 13.2 Å². The fourth-order valence-corrected chi connectivity index (χ4v) is 1.77. The van der Waals surface area contributed by atoms with Crippen LogP contribution in [0.15, 0.2) is 18.2 Å². The molecule has 1 aromatic heterocycles. The van der Waals surface area contributed by atoms with Gasteiger partial charge in [0, 0.05) is 7.05 Å². The number of hydrogen-bond acceptors (Lipinski definition) is 3. The first-order valence-electron chi connectivity index (χ1n) is 5.61. The third kappa shape index (κ3) is 3.08. The van der Waals surface area contributed by atoms with Crippen molar-refractivity contribution in [2.45, 2.75) is 12.8 Å². The van der Waals surface area contributed by atoms with E-state index in [1.54, 1.807) is 17.7 Å². The van der Waals surface area contributed by atoms with Crippen molar-refractivity contribution in [3.63, 3.8) is 0 Å². The predicted octanol–water partition coefficient (Wildman–Crippen LogP) is 2.35. The average molecular weight is 288 g/mol. The molecule has 0 aliphatic carbocycles. The number of hydrogen-bond donors (Lipinski definition) is 1. The Morgan fingerprint density at radius 3 is 2.75 bits per heavy atom. The van der Waals surface area contributed by atoms with E-state index in [-0.39, 0.29) is 12.2 Å². The number of fused-ring (bicyclic) bond motifs is 1. The fourth-order valence-electron chi connectivity index (χ4n) is 1.77. The first-order chi connectivity index (χ1) is 9.28. The van der Waals surface area contributed by atoms with Gasteiger partial charge in [0.2, 0.25) is 0 Å². The summed E-state index contributed by atoms with van der Waals surface area (Å²) in [5.41, 5.74) is 1.09. The van der Waals surface area contributed by atoms with E-state index in [1.165, 1.54) is 12.1 Å². The SMILES string of the molecule is Cn1c(COCC(F)(F)F)nc2cc(C(=O)O)ccc21. The van der Waals surface area contributed by atoms with Gasteiger partial charge in [0.15, 0.2) is 0 Å². The van der Waals surface area contributed by atoms with Gasteiger partial charge < -0.3 is 14.4 Å². The molecule has 0 aliphatic heterocycles. The molecule has 1 aromatic carbocycles. The Kier molecular flexibility index (Phi) is 3.67. The summed E-state index contributed by atoms with van der Waals surface area (Å²) >= 11 is 0. The molecule has 2 aromatic rings. The Hall–Kier alpha value is -2.09. The summed E-state index contributed by atoms with van der Waals surface area (Å²) in [6.45, 7) is -1.65. The van der Waals surface area contributed by atoms with Crippen molar-refractivity contribution in [1.82, 2.24) is 9.55 Å². The van der Waals surface area contributed by atoms with Crippen LogP contribution in [0.2, 0.25) is 0 Å². The summed E-state index contributed by atoms with van der Waals surface area (Å²) < 4.78 is 42.1. The molecule has 0 unspecified atom stereocenters. The van der Waals surface area contributed by atoms with Gasteiger partial charge in [-0.05, 0) is 18.2 Å². The lowest BCUT2D eigenvalue weighted by molar-refractivity contribution is -0.177. The maximum atomic E-state index is 12.0. The van der Waals surface area contributed by atoms with Gasteiger partial charge in [-0.3, -0.25) is 0 Å². The number of aryl methyl sites for hydroxylation is 1. The van der Waals surface area contributed by atoms with Crippen LogP contribution in [0.5, 0.6) is 0 Å². The van der Waals surface area contributed by atoms with Crippen molar-refractivity contribution in [3.05, 3.63) is 29.6 Å². The maximum Gasteiger partial charge on any atom is 0.411 e. The maximum absolute atomic E-state index is 12.0. The van der Waals surface area contributed by atoms with Gasteiger partial charge in [-0.2, -0.15) is 13.2 Å². The van der Waals surface area contributed by atoms with E-state index in [2.05, 4.69) is 9.72 Å². The lowest BCUT2D eigenvalue weighted by Crippen LogP contribution is -2.17. The highest BCUT2D eigenvalue weighted by molar-refractivity contribution is 5.92. The number of halogens is 3. The van der Waals surface area contributed by atoms with Crippen LogP contribution in [-0.2, 0) is 18.4 Å². The molecule has 8 heteroatoms. The van der Waals surface area contributed by atoms with Crippen LogP contribution in [0, 0.1) is 0 Å². The number of aromatic nitrogens is 2. The third-order valence-electron chi connectivity index (χ3n) is 2.72. The lowest BCUT2D eigenvalue weighted by atomic mass is 10.2. The number of ether oxygens (including phenoxy) is 1. The molecule has 0 amide bonds. The Morgan fingerprint density at radius 2 is 2.15 bits per heavy atom. The summed E-state index contributed by atoms with van der Waals surface area (Å²) in [5.74, 6) is -0.792. The minimum Gasteiger partial charge on any atom is -0.478 e. The molecule has 0 radical (unpaired) electrons. The smallest absolute Gasteiger partial charge is 0.411 e. The lowest BCUT2D eigenvalue weighted by Gasteiger charge is -2.07. The molecule has 0 bridgehead atoms. The van der Waals surface area contributed by atoms with Crippen molar-refractivity contribution in [3.8, 4) is 0 Å². The molecule has 1 heterocycles. The highest BCUT2D eigenvalue weighted by Crippen LogP contribution is 2.19. The zero-order valence-corrected chi connectivity index (χ0v) is 10.4. The number of carboxylic acid groups (broad SMARTS) is 1. The topological polar surface area (TPSA) is 64.4 Å². The summed E-state index contributed by atoms with van der Waals surface area (Å²) in [6.07, 6.45) is -4.39. The fraction of sp³-hybridized carbons (Fsp3) is 0.333. The van der Waals surface area contributed by atoms with E-state index < -0.39 is 18.8 Å². The number of carboxylic acids is 1. The van der Waals surface area contributed by atoms with Crippen molar-refractivity contribution in [1.29, 1.82) is 0 Å². The summed E-state index contributed by atoms with van der Waals surface area (Å²) in [4.78, 5) is 14.9. The van der Waals surface area contributed by atoms with E-state index in [4.69, 9.17) is 5.11 Å². The van der Waals surface area contributed by atoms with Crippen molar-refractivity contribution in [2.75, 3.05) is 6.61 Å². The average Bonchev–Trinajstić information content (AvgIpc) is 2.64. The monoisotopic (exact) mass is 288 g/mol. The number of imidazole rings is 1. The molecule has 1 N–H and O–H groups in total. The molecule has 0 fully saturated rings. The van der Waals surface area contributed by atoms with Crippen molar-refractivity contribution < 1.29 is 27.8 Å². The number of benzene rings is 1. The largest absolute Gasteiger partial charge is 0.478 e. The van der Waals surface area contributed by atoms with Crippen LogP contribution in [-0.4, -0.2) is 33.4 Å². The highest BCUT2D eigenvalue weighted by Gasteiger charge is 2.27. The molecule has 2 rings (SSSR count). The Labute approximate surface area is 111 Å². The molecular weight excluding hydrogens is 277 g/mol. The number of carbonyl (C=O) groups is 1. The Balaban J connectivity index is 2.22. The highest BCUT2D eigenvalue weighted by atomic mass is 19.4. The molecule has 0 saturated carbocycles. The zero-order chi connectivity index (χ0) is 14.9. The van der Waals surface area contributed by atoms with Crippen LogP contribution in [0.1, 0.15) is 16.2 Å². The van der Waals surface area contributed by atoms with Gasteiger partial charge in [0.1, 0.15) is 19.0 Å². The first-order valence-corrected chi connectivity index (χ1v) is 5.61. The van der Waals surface area contributed by atoms with Crippen molar-refractivity contribution in [2.24, 2.45) is 7.05 Å². The first kappa shape index (κ1) is 14.3. The third-order valence-corrected chi connectivity index (χ3v) is 2.72. The summed E-state index contributed by atoms with van der Waals surface area (Å²) in [5, 5.41) is 8.87. The van der Waals surface area contributed by atoms with Gasteiger partial charge in [-0.1, -0.05) is 0 Å². The van der Waals surface area contributed by atoms with E-state index in [9.17, 15) is 18.0 Å². The van der Waals surface area contributed by atoms with E-state index >= 15 is 0 Å². The van der Waals surface area contributed by atoms with Gasteiger partial charge in [-0.15, -0.1) is 0 Å². The van der Waals surface area contributed by atoms with Crippen molar-refractivity contribution >= 4 is 17.0 Å². The minimum absolute atomic E-state index is 0.0679. The zero-order valence-electron chi connectivity index (χ0n) is 10.4. The minimum atomic E-state index is -4.39. The van der Waals surface area contributed by atoms with Gasteiger partial charge >= 0.3 is 12.1 Å².